The van der Waals surface area contributed by atoms with Crippen molar-refractivity contribution in [2.75, 3.05) is 0 Å². The van der Waals surface area contributed by atoms with Crippen LogP contribution in [0.4, 0.5) is 0 Å². The lowest BCUT2D eigenvalue weighted by atomic mass is 9.85. The molecule has 37 heavy (non-hydrogen) atoms. The van der Waals surface area contributed by atoms with Gasteiger partial charge in [0.2, 0.25) is 5.91 Å². The highest BCUT2D eigenvalue weighted by Gasteiger charge is 2.32. The molecule has 10 heteroatoms. The van der Waals surface area contributed by atoms with Crippen molar-refractivity contribution < 1.29 is 19.5 Å². The lowest BCUT2D eigenvalue weighted by molar-refractivity contribution is -0.144. The van der Waals surface area contributed by atoms with Gasteiger partial charge in [-0.2, -0.15) is 5.10 Å². The second kappa shape index (κ2) is 12.0. The van der Waals surface area contributed by atoms with Crippen LogP contribution in [0.2, 0.25) is 0 Å². The molecule has 0 spiro atoms. The van der Waals surface area contributed by atoms with Crippen molar-refractivity contribution in [1.29, 1.82) is 0 Å². The topological polar surface area (TPSA) is 113 Å². The molecule has 2 heterocycles. The van der Waals surface area contributed by atoms with Crippen molar-refractivity contribution in [2.45, 2.75) is 58.0 Å². The van der Waals surface area contributed by atoms with Gasteiger partial charge in [0.15, 0.2) is 0 Å². The minimum absolute atomic E-state index is 0.0654. The molecule has 1 aliphatic carbocycles. The summed E-state index contributed by atoms with van der Waals surface area (Å²) in [5.74, 6) is -1.82. The summed E-state index contributed by atoms with van der Waals surface area (Å²) in [5.41, 5.74) is 1.98. The monoisotopic (exact) mass is 586 g/mol. The van der Waals surface area contributed by atoms with Crippen molar-refractivity contribution >= 4 is 45.1 Å². The number of amides is 2. The van der Waals surface area contributed by atoms with Gasteiger partial charge in [-0.3, -0.25) is 9.59 Å². The second-order valence-electron chi connectivity index (χ2n) is 9.51. The lowest BCUT2D eigenvalue weighted by Gasteiger charge is -2.30. The Morgan fingerprint density at radius 1 is 1.14 bits per heavy atom. The van der Waals surface area contributed by atoms with Crippen LogP contribution in [0.5, 0.6) is 0 Å². The van der Waals surface area contributed by atoms with Crippen LogP contribution in [0.15, 0.2) is 52.4 Å². The summed E-state index contributed by atoms with van der Waals surface area (Å²) >= 11 is 5.01. The zero-order chi connectivity index (χ0) is 26.5. The summed E-state index contributed by atoms with van der Waals surface area (Å²) in [6.07, 6.45) is 4.92. The Bertz CT molecular complexity index is 1250. The molecule has 1 aliphatic rings. The number of nitrogens with one attached hydrogen (secondary N) is 2. The minimum atomic E-state index is -1.01. The molecular weight excluding hydrogens is 556 g/mol. The molecule has 1 aromatic carbocycles. The van der Waals surface area contributed by atoms with Crippen LogP contribution in [-0.2, 0) is 9.59 Å². The zero-order valence-corrected chi connectivity index (χ0v) is 23.2. The second-order valence-corrected chi connectivity index (χ2v) is 12.0. The van der Waals surface area contributed by atoms with E-state index in [1.165, 1.54) is 11.3 Å². The van der Waals surface area contributed by atoms with Crippen LogP contribution < -0.4 is 10.6 Å². The SMILES string of the molecule is CCC(C)[C@H](NC(=O)C1CCC(NC(=O)c2cn(-c3ccccc3)nc2-c2ccc(Br)s2)CC1)C(=O)O. The fourth-order valence-corrected chi connectivity index (χ4v) is 5.98. The van der Waals surface area contributed by atoms with Crippen LogP contribution in [0.25, 0.3) is 16.3 Å². The van der Waals surface area contributed by atoms with E-state index in [1.807, 2.05) is 56.3 Å². The van der Waals surface area contributed by atoms with Crippen molar-refractivity contribution in [1.82, 2.24) is 20.4 Å². The molecule has 1 fully saturated rings. The van der Waals surface area contributed by atoms with Gasteiger partial charge in [-0.25, -0.2) is 9.48 Å². The molecule has 3 N–H and O–H groups in total. The average molecular weight is 588 g/mol. The molecule has 4 rings (SSSR count). The third-order valence-electron chi connectivity index (χ3n) is 7.00. The summed E-state index contributed by atoms with van der Waals surface area (Å²) in [4.78, 5) is 38.6. The van der Waals surface area contributed by atoms with Crippen molar-refractivity contribution in [3.63, 3.8) is 0 Å². The molecule has 3 aromatic rings. The molecule has 0 aliphatic heterocycles. The molecule has 8 nitrogen and oxygen atoms in total. The summed E-state index contributed by atoms with van der Waals surface area (Å²) in [6.45, 7) is 3.74. The van der Waals surface area contributed by atoms with Crippen molar-refractivity contribution in [2.24, 2.45) is 11.8 Å². The first kappa shape index (κ1) is 27.1. The first-order valence-corrected chi connectivity index (χ1v) is 14.1. The Kier molecular flexibility index (Phi) is 8.81. The van der Waals surface area contributed by atoms with Gasteiger partial charge in [0.25, 0.3) is 5.91 Å². The predicted octanol–water partition coefficient (Wildman–Crippen LogP) is 5.27. The van der Waals surface area contributed by atoms with Crippen LogP contribution >= 0.6 is 27.3 Å². The maximum atomic E-state index is 13.4. The third-order valence-corrected chi connectivity index (χ3v) is 8.63. The summed E-state index contributed by atoms with van der Waals surface area (Å²) in [7, 11) is 0. The van der Waals surface area contributed by atoms with E-state index in [1.54, 1.807) is 10.9 Å². The van der Waals surface area contributed by atoms with E-state index in [9.17, 15) is 19.5 Å². The summed E-state index contributed by atoms with van der Waals surface area (Å²) in [5, 5.41) is 20.1. The highest BCUT2D eigenvalue weighted by molar-refractivity contribution is 9.11. The number of benzene rings is 1. The Labute approximate surface area is 228 Å². The molecule has 0 bridgehead atoms. The van der Waals surface area contributed by atoms with Gasteiger partial charge in [0.05, 0.1) is 19.9 Å². The smallest absolute Gasteiger partial charge is 0.326 e. The van der Waals surface area contributed by atoms with E-state index >= 15 is 0 Å². The number of hydrogen-bond acceptors (Lipinski definition) is 5. The Hall–Kier alpha value is -2.98. The van der Waals surface area contributed by atoms with Gasteiger partial charge in [0.1, 0.15) is 11.7 Å². The number of aliphatic carboxylic acids is 1. The summed E-state index contributed by atoms with van der Waals surface area (Å²) < 4.78 is 2.67. The average Bonchev–Trinajstić information content (AvgIpc) is 3.54. The fraction of sp³-hybridized carbons (Fsp3) is 0.407. The summed E-state index contributed by atoms with van der Waals surface area (Å²) in [6, 6.07) is 12.6. The number of rotatable bonds is 9. The first-order chi connectivity index (χ1) is 17.8. The van der Waals surface area contributed by atoms with Crippen molar-refractivity contribution in [3.05, 3.63) is 58.0 Å². The largest absolute Gasteiger partial charge is 0.480 e. The number of carbonyl (C=O) groups is 3. The maximum Gasteiger partial charge on any atom is 0.326 e. The molecule has 0 radical (unpaired) electrons. The van der Waals surface area contributed by atoms with Crippen LogP contribution in [0.3, 0.4) is 0 Å². The van der Waals surface area contributed by atoms with Gasteiger partial charge >= 0.3 is 5.97 Å². The van der Waals surface area contributed by atoms with Gasteiger partial charge in [-0.15, -0.1) is 11.3 Å². The van der Waals surface area contributed by atoms with E-state index in [4.69, 9.17) is 5.10 Å². The van der Waals surface area contributed by atoms with E-state index in [0.29, 0.717) is 43.4 Å². The number of aromatic nitrogens is 2. The Morgan fingerprint density at radius 2 is 1.84 bits per heavy atom. The van der Waals surface area contributed by atoms with Gasteiger partial charge < -0.3 is 15.7 Å². The van der Waals surface area contributed by atoms with Crippen LogP contribution in [-0.4, -0.2) is 44.8 Å². The quantitative estimate of drug-likeness (QED) is 0.316. The van der Waals surface area contributed by atoms with E-state index < -0.39 is 12.0 Å². The standard InChI is InChI=1S/C27H31BrN4O4S/c1-3-16(2)23(27(35)36)30-25(33)17-9-11-18(12-10-17)29-26(34)20-15-32(19-7-5-4-6-8-19)31-24(20)21-13-14-22(28)37-21/h4-8,13-18,23H,3,9-12H2,1-2H3,(H,29,34)(H,30,33)(H,35,36)/t16?,17?,18?,23-/m0/s1. The van der Waals surface area contributed by atoms with Gasteiger partial charge in [-0.05, 0) is 71.8 Å². The number of carboxylic acid groups (broad SMARTS) is 1. The number of carbonyl (C=O) groups excluding carboxylic acids is 2. The van der Waals surface area contributed by atoms with E-state index in [2.05, 4.69) is 26.6 Å². The predicted molar refractivity (Wildman–Crippen MR) is 147 cm³/mol. The van der Waals surface area contributed by atoms with Crippen LogP contribution in [0.1, 0.15) is 56.3 Å². The normalized spacial score (nSPS) is 19.1. The number of hydrogen-bond donors (Lipinski definition) is 3. The van der Waals surface area contributed by atoms with E-state index in [-0.39, 0.29) is 29.7 Å². The molecule has 1 unspecified atom stereocenters. The zero-order valence-electron chi connectivity index (χ0n) is 20.8. The maximum absolute atomic E-state index is 13.4. The molecule has 2 aromatic heterocycles. The molecule has 196 valence electrons. The first-order valence-electron chi connectivity index (χ1n) is 12.5. The van der Waals surface area contributed by atoms with Gasteiger partial charge in [-0.1, -0.05) is 38.5 Å². The minimum Gasteiger partial charge on any atom is -0.480 e. The highest BCUT2D eigenvalue weighted by Crippen LogP contribution is 2.33. The number of halogens is 1. The molecule has 2 atom stereocenters. The number of nitrogens with zero attached hydrogens (tertiary/aromatic N) is 2. The van der Waals surface area contributed by atoms with Crippen LogP contribution in [0, 0.1) is 11.8 Å². The number of thiophene rings is 1. The third kappa shape index (κ3) is 6.48. The van der Waals surface area contributed by atoms with Crippen molar-refractivity contribution in [3.8, 4) is 16.3 Å². The Balaban J connectivity index is 1.42. The number of para-hydroxylation sites is 1. The fourth-order valence-electron chi connectivity index (χ4n) is 4.59. The lowest BCUT2D eigenvalue weighted by Crippen LogP contribution is -2.48. The van der Waals surface area contributed by atoms with E-state index in [0.717, 1.165) is 14.4 Å². The molecule has 1 saturated carbocycles. The molecule has 0 saturated heterocycles. The molecular formula is C27H31BrN4O4S. The Morgan fingerprint density at radius 3 is 2.43 bits per heavy atom. The number of carboxylic acids is 1. The van der Waals surface area contributed by atoms with Gasteiger partial charge in [0, 0.05) is 18.2 Å². The molecule has 2 amide bonds. The highest BCUT2D eigenvalue weighted by atomic mass is 79.9.